The minimum atomic E-state index is -0.329. The number of aryl methyl sites for hydroxylation is 1. The first-order chi connectivity index (χ1) is 15.2. The Morgan fingerprint density at radius 3 is 2.68 bits per heavy atom. The first-order valence-electron chi connectivity index (χ1n) is 10.3. The van der Waals surface area contributed by atoms with Crippen LogP contribution in [-0.2, 0) is 0 Å². The van der Waals surface area contributed by atoms with E-state index in [9.17, 15) is 9.65 Å². The van der Waals surface area contributed by atoms with Gasteiger partial charge in [0, 0.05) is 44.5 Å². The van der Waals surface area contributed by atoms with Gasteiger partial charge in [-0.05, 0) is 42.3 Å². The monoisotopic (exact) mass is 417 g/mol. The SMILES string of the molecule is Cc1cccnc1-c1cc(-c2ccc(F)cc2)c(C#N)c(OCCN2CCNCC2)n1. The predicted molar refractivity (Wildman–Crippen MR) is 117 cm³/mol. The summed E-state index contributed by atoms with van der Waals surface area (Å²) < 4.78 is 19.5. The molecule has 158 valence electrons. The highest BCUT2D eigenvalue weighted by molar-refractivity contribution is 5.77. The Morgan fingerprint density at radius 1 is 1.19 bits per heavy atom. The van der Waals surface area contributed by atoms with Gasteiger partial charge in [-0.25, -0.2) is 9.37 Å². The molecule has 0 spiro atoms. The molecule has 0 radical (unpaired) electrons. The van der Waals surface area contributed by atoms with Crippen LogP contribution in [0.4, 0.5) is 4.39 Å². The van der Waals surface area contributed by atoms with Crippen molar-refractivity contribution in [2.45, 2.75) is 6.92 Å². The number of halogens is 1. The van der Waals surface area contributed by atoms with E-state index in [4.69, 9.17) is 4.74 Å². The minimum absolute atomic E-state index is 0.277. The molecule has 7 heteroatoms. The smallest absolute Gasteiger partial charge is 0.232 e. The molecule has 1 fully saturated rings. The lowest BCUT2D eigenvalue weighted by atomic mass is 9.99. The third kappa shape index (κ3) is 4.88. The summed E-state index contributed by atoms with van der Waals surface area (Å²) in [6.07, 6.45) is 1.71. The molecule has 1 aromatic carbocycles. The van der Waals surface area contributed by atoms with Crippen molar-refractivity contribution in [3.8, 4) is 34.5 Å². The molecule has 31 heavy (non-hydrogen) atoms. The molecule has 3 heterocycles. The fraction of sp³-hybridized carbons (Fsp3) is 0.292. The number of aromatic nitrogens is 2. The maximum atomic E-state index is 13.5. The number of piperazine rings is 1. The summed E-state index contributed by atoms with van der Waals surface area (Å²) >= 11 is 0. The Kier molecular flexibility index (Phi) is 6.51. The van der Waals surface area contributed by atoms with Gasteiger partial charge >= 0.3 is 0 Å². The molecule has 0 bridgehead atoms. The number of hydrogen-bond donors (Lipinski definition) is 1. The molecule has 1 N–H and O–H groups in total. The molecular weight excluding hydrogens is 393 g/mol. The molecule has 0 saturated carbocycles. The average Bonchev–Trinajstić information content (AvgIpc) is 2.80. The third-order valence-corrected chi connectivity index (χ3v) is 5.36. The number of pyridine rings is 2. The van der Waals surface area contributed by atoms with E-state index in [1.54, 1.807) is 18.3 Å². The van der Waals surface area contributed by atoms with E-state index >= 15 is 0 Å². The standard InChI is InChI=1S/C24H24FN5O/c1-17-3-2-8-28-23(17)22-15-20(18-4-6-19(25)7-5-18)21(16-26)24(29-22)31-14-13-30-11-9-27-10-12-30/h2-8,15,27H,9-14H2,1H3. The van der Waals surface area contributed by atoms with Crippen LogP contribution in [0, 0.1) is 24.1 Å². The maximum Gasteiger partial charge on any atom is 0.232 e. The molecular formula is C24H24FN5O. The summed E-state index contributed by atoms with van der Waals surface area (Å²) in [5.74, 6) is -0.0517. The number of nitriles is 1. The van der Waals surface area contributed by atoms with Gasteiger partial charge in [-0.2, -0.15) is 5.26 Å². The summed E-state index contributed by atoms with van der Waals surface area (Å²) in [7, 11) is 0. The fourth-order valence-electron chi connectivity index (χ4n) is 3.67. The van der Waals surface area contributed by atoms with Crippen LogP contribution in [0.2, 0.25) is 0 Å². The van der Waals surface area contributed by atoms with Crippen molar-refractivity contribution in [1.82, 2.24) is 20.2 Å². The van der Waals surface area contributed by atoms with Gasteiger partial charge in [0.2, 0.25) is 5.88 Å². The highest BCUT2D eigenvalue weighted by Crippen LogP contribution is 2.33. The summed E-state index contributed by atoms with van der Waals surface area (Å²) in [6, 6.07) is 14.0. The van der Waals surface area contributed by atoms with Crippen molar-refractivity contribution in [2.24, 2.45) is 0 Å². The lowest BCUT2D eigenvalue weighted by Gasteiger charge is -2.27. The molecule has 0 atom stereocenters. The molecule has 0 aliphatic carbocycles. The van der Waals surface area contributed by atoms with Crippen LogP contribution in [0.5, 0.6) is 5.88 Å². The molecule has 3 aromatic rings. The van der Waals surface area contributed by atoms with Gasteiger partial charge < -0.3 is 10.1 Å². The zero-order valence-corrected chi connectivity index (χ0v) is 17.4. The van der Waals surface area contributed by atoms with Crippen LogP contribution in [0.25, 0.3) is 22.5 Å². The maximum absolute atomic E-state index is 13.5. The number of nitrogens with zero attached hydrogens (tertiary/aromatic N) is 4. The van der Waals surface area contributed by atoms with Crippen molar-refractivity contribution >= 4 is 0 Å². The Balaban J connectivity index is 1.72. The van der Waals surface area contributed by atoms with Crippen LogP contribution in [0.3, 0.4) is 0 Å². The van der Waals surface area contributed by atoms with Crippen LogP contribution >= 0.6 is 0 Å². The number of rotatable bonds is 6. The summed E-state index contributed by atoms with van der Waals surface area (Å²) in [5, 5.41) is 13.2. The molecule has 1 saturated heterocycles. The zero-order chi connectivity index (χ0) is 21.6. The molecule has 0 amide bonds. The Bertz CT molecular complexity index is 1090. The summed E-state index contributed by atoms with van der Waals surface area (Å²) in [5.41, 5.74) is 4.02. The average molecular weight is 417 g/mol. The second-order valence-corrected chi connectivity index (χ2v) is 7.46. The first kappa shape index (κ1) is 20.9. The lowest BCUT2D eigenvalue weighted by Crippen LogP contribution is -2.44. The largest absolute Gasteiger partial charge is 0.475 e. The van der Waals surface area contributed by atoms with Crippen molar-refractivity contribution in [2.75, 3.05) is 39.3 Å². The van der Waals surface area contributed by atoms with Gasteiger partial charge in [0.1, 0.15) is 24.1 Å². The highest BCUT2D eigenvalue weighted by atomic mass is 19.1. The van der Waals surface area contributed by atoms with E-state index in [0.717, 1.165) is 49.5 Å². The van der Waals surface area contributed by atoms with E-state index < -0.39 is 0 Å². The summed E-state index contributed by atoms with van der Waals surface area (Å²) in [6.45, 7) is 7.01. The first-order valence-corrected chi connectivity index (χ1v) is 10.3. The van der Waals surface area contributed by atoms with E-state index in [1.165, 1.54) is 12.1 Å². The molecule has 1 aliphatic heterocycles. The van der Waals surface area contributed by atoms with Crippen LogP contribution < -0.4 is 10.1 Å². The van der Waals surface area contributed by atoms with Gasteiger partial charge in [0.05, 0.1) is 11.4 Å². The highest BCUT2D eigenvalue weighted by Gasteiger charge is 2.19. The Labute approximate surface area is 181 Å². The number of hydrogen-bond acceptors (Lipinski definition) is 6. The van der Waals surface area contributed by atoms with E-state index in [-0.39, 0.29) is 11.7 Å². The molecule has 2 aromatic heterocycles. The van der Waals surface area contributed by atoms with E-state index in [0.29, 0.717) is 23.4 Å². The van der Waals surface area contributed by atoms with Crippen LogP contribution in [-0.4, -0.2) is 54.2 Å². The fourth-order valence-corrected chi connectivity index (χ4v) is 3.67. The van der Waals surface area contributed by atoms with E-state index in [2.05, 4.69) is 26.3 Å². The number of benzene rings is 1. The normalized spacial score (nSPS) is 14.2. The van der Waals surface area contributed by atoms with Crippen LogP contribution in [0.15, 0.2) is 48.7 Å². The Morgan fingerprint density at radius 2 is 1.97 bits per heavy atom. The Hall–Kier alpha value is -3.34. The zero-order valence-electron chi connectivity index (χ0n) is 17.4. The van der Waals surface area contributed by atoms with Crippen molar-refractivity contribution in [3.05, 3.63) is 65.6 Å². The minimum Gasteiger partial charge on any atom is -0.475 e. The van der Waals surface area contributed by atoms with E-state index in [1.807, 2.05) is 25.1 Å². The van der Waals surface area contributed by atoms with Crippen molar-refractivity contribution < 1.29 is 9.13 Å². The third-order valence-electron chi connectivity index (χ3n) is 5.36. The van der Waals surface area contributed by atoms with Crippen molar-refractivity contribution in [3.63, 3.8) is 0 Å². The van der Waals surface area contributed by atoms with Gasteiger partial charge in [-0.1, -0.05) is 18.2 Å². The van der Waals surface area contributed by atoms with Gasteiger partial charge in [-0.15, -0.1) is 0 Å². The molecule has 4 rings (SSSR count). The number of nitrogens with one attached hydrogen (secondary N) is 1. The topological polar surface area (TPSA) is 74.1 Å². The molecule has 1 aliphatic rings. The second-order valence-electron chi connectivity index (χ2n) is 7.46. The van der Waals surface area contributed by atoms with Gasteiger partial charge in [-0.3, -0.25) is 9.88 Å². The molecule has 0 unspecified atom stereocenters. The van der Waals surface area contributed by atoms with Crippen LogP contribution in [0.1, 0.15) is 11.1 Å². The lowest BCUT2D eigenvalue weighted by molar-refractivity contribution is 0.188. The number of ether oxygens (including phenoxy) is 1. The molecule has 6 nitrogen and oxygen atoms in total. The van der Waals surface area contributed by atoms with Gasteiger partial charge in [0.25, 0.3) is 0 Å². The van der Waals surface area contributed by atoms with Gasteiger partial charge in [0.15, 0.2) is 0 Å². The predicted octanol–water partition coefficient (Wildman–Crippen LogP) is 3.41. The quantitative estimate of drug-likeness (QED) is 0.663. The second kappa shape index (κ2) is 9.65. The summed E-state index contributed by atoms with van der Waals surface area (Å²) in [4.78, 5) is 11.4. The van der Waals surface area contributed by atoms with Crippen molar-refractivity contribution in [1.29, 1.82) is 5.26 Å².